The van der Waals surface area contributed by atoms with Gasteiger partial charge in [-0.05, 0) is 44.2 Å². The van der Waals surface area contributed by atoms with Crippen LogP contribution in [0.5, 0.6) is 0 Å². The molecule has 114 valence electrons. The number of amides is 2. The van der Waals surface area contributed by atoms with Crippen molar-refractivity contribution in [2.45, 2.75) is 26.7 Å². The smallest absolute Gasteiger partial charge is 0.324 e. The lowest BCUT2D eigenvalue weighted by atomic mass is 10.1. The van der Waals surface area contributed by atoms with Crippen LogP contribution in [0.2, 0.25) is 0 Å². The van der Waals surface area contributed by atoms with Crippen LogP contribution >= 0.6 is 0 Å². The molecule has 2 amide bonds. The summed E-state index contributed by atoms with van der Waals surface area (Å²) in [5, 5.41) is 9.00. The molecule has 0 spiro atoms. The zero-order valence-electron chi connectivity index (χ0n) is 12.8. The number of aryl methyl sites for hydroxylation is 2. The van der Waals surface area contributed by atoms with Crippen molar-refractivity contribution in [3.8, 4) is 0 Å². The Morgan fingerprint density at radius 2 is 1.95 bits per heavy atom. The topological polar surface area (TPSA) is 60.9 Å². The van der Waals surface area contributed by atoms with Crippen LogP contribution in [-0.4, -0.2) is 42.1 Å². The van der Waals surface area contributed by atoms with Crippen LogP contribution in [0, 0.1) is 19.8 Å². The van der Waals surface area contributed by atoms with Crippen LogP contribution in [0.25, 0.3) is 0 Å². The standard InChI is InChI=1S/C16H22N2O3/c1-11-4-7-14(12(2)8-11)17(3)16(21)18(10-15(19)20)9-13-5-6-13/h4,7-8,13H,5-6,9-10H2,1-3H3,(H,19,20). The number of benzene rings is 1. The number of carboxylic acid groups (broad SMARTS) is 1. The molecule has 0 saturated heterocycles. The average Bonchev–Trinajstić information content (AvgIpc) is 3.20. The summed E-state index contributed by atoms with van der Waals surface area (Å²) < 4.78 is 0. The largest absolute Gasteiger partial charge is 0.480 e. The van der Waals surface area contributed by atoms with Gasteiger partial charge in [-0.2, -0.15) is 0 Å². The van der Waals surface area contributed by atoms with E-state index in [-0.39, 0.29) is 12.6 Å². The van der Waals surface area contributed by atoms with Crippen LogP contribution in [0.15, 0.2) is 18.2 Å². The number of carbonyl (C=O) groups is 2. The maximum absolute atomic E-state index is 12.6. The van der Waals surface area contributed by atoms with Gasteiger partial charge in [-0.25, -0.2) is 4.79 Å². The summed E-state index contributed by atoms with van der Waals surface area (Å²) in [6.45, 7) is 4.24. The van der Waals surface area contributed by atoms with E-state index in [4.69, 9.17) is 5.11 Å². The first-order chi connectivity index (χ1) is 9.88. The predicted molar refractivity (Wildman–Crippen MR) is 81.6 cm³/mol. The third-order valence-corrected chi connectivity index (χ3v) is 3.77. The normalized spacial score (nSPS) is 13.9. The van der Waals surface area contributed by atoms with Crippen molar-refractivity contribution in [1.29, 1.82) is 0 Å². The highest BCUT2D eigenvalue weighted by atomic mass is 16.4. The number of hydrogen-bond donors (Lipinski definition) is 1. The Morgan fingerprint density at radius 1 is 1.29 bits per heavy atom. The zero-order chi connectivity index (χ0) is 15.6. The molecular weight excluding hydrogens is 268 g/mol. The molecule has 1 saturated carbocycles. The van der Waals surface area contributed by atoms with Gasteiger partial charge < -0.3 is 10.0 Å². The fourth-order valence-corrected chi connectivity index (χ4v) is 2.48. The Bertz CT molecular complexity index is 552. The van der Waals surface area contributed by atoms with Crippen LogP contribution in [0.4, 0.5) is 10.5 Å². The van der Waals surface area contributed by atoms with Gasteiger partial charge in [0.1, 0.15) is 6.54 Å². The van der Waals surface area contributed by atoms with Gasteiger partial charge in [0.15, 0.2) is 0 Å². The molecule has 5 nitrogen and oxygen atoms in total. The van der Waals surface area contributed by atoms with Crippen molar-refractivity contribution in [1.82, 2.24) is 4.90 Å². The van der Waals surface area contributed by atoms with E-state index in [0.29, 0.717) is 12.5 Å². The van der Waals surface area contributed by atoms with E-state index in [1.54, 1.807) is 11.9 Å². The molecule has 0 heterocycles. The van der Waals surface area contributed by atoms with Gasteiger partial charge in [0.2, 0.25) is 0 Å². The molecule has 1 aromatic carbocycles. The number of carboxylic acids is 1. The highest BCUT2D eigenvalue weighted by Gasteiger charge is 2.30. The van der Waals surface area contributed by atoms with Gasteiger partial charge >= 0.3 is 12.0 Å². The lowest BCUT2D eigenvalue weighted by Crippen LogP contribution is -2.45. The predicted octanol–water partition coefficient (Wildman–Crippen LogP) is 2.66. The lowest BCUT2D eigenvalue weighted by molar-refractivity contribution is -0.137. The van der Waals surface area contributed by atoms with Crippen LogP contribution < -0.4 is 4.90 Å². The number of rotatable bonds is 5. The minimum Gasteiger partial charge on any atom is -0.480 e. The van der Waals surface area contributed by atoms with Gasteiger partial charge in [-0.1, -0.05) is 17.7 Å². The van der Waals surface area contributed by atoms with Gasteiger partial charge in [-0.15, -0.1) is 0 Å². The van der Waals surface area contributed by atoms with Gasteiger partial charge in [0.05, 0.1) is 0 Å². The number of carbonyl (C=O) groups excluding carboxylic acids is 1. The molecule has 0 aliphatic heterocycles. The third-order valence-electron chi connectivity index (χ3n) is 3.77. The lowest BCUT2D eigenvalue weighted by Gasteiger charge is -2.28. The third kappa shape index (κ3) is 3.97. The van der Waals surface area contributed by atoms with Crippen molar-refractivity contribution in [2.24, 2.45) is 5.92 Å². The van der Waals surface area contributed by atoms with Crippen molar-refractivity contribution in [3.63, 3.8) is 0 Å². The van der Waals surface area contributed by atoms with E-state index in [1.807, 2.05) is 32.0 Å². The summed E-state index contributed by atoms with van der Waals surface area (Å²) in [7, 11) is 1.70. The molecule has 0 unspecified atom stereocenters. The van der Waals surface area contributed by atoms with Crippen molar-refractivity contribution >= 4 is 17.7 Å². The second-order valence-corrected chi connectivity index (χ2v) is 5.85. The zero-order valence-corrected chi connectivity index (χ0v) is 12.8. The highest BCUT2D eigenvalue weighted by molar-refractivity contribution is 5.94. The molecule has 1 fully saturated rings. The van der Waals surface area contributed by atoms with E-state index in [9.17, 15) is 9.59 Å². The number of nitrogens with zero attached hydrogens (tertiary/aromatic N) is 2. The first-order valence-corrected chi connectivity index (χ1v) is 7.20. The summed E-state index contributed by atoms with van der Waals surface area (Å²) in [6, 6.07) is 5.62. The Kier molecular flexibility index (Phi) is 4.50. The van der Waals surface area contributed by atoms with E-state index >= 15 is 0 Å². The fraction of sp³-hybridized carbons (Fsp3) is 0.500. The summed E-state index contributed by atoms with van der Waals surface area (Å²) in [5.74, 6) is -0.515. The monoisotopic (exact) mass is 290 g/mol. The molecular formula is C16H22N2O3. The summed E-state index contributed by atoms with van der Waals surface area (Å²) >= 11 is 0. The first-order valence-electron chi connectivity index (χ1n) is 7.20. The van der Waals surface area contributed by atoms with E-state index in [1.165, 1.54) is 4.90 Å². The number of hydrogen-bond acceptors (Lipinski definition) is 2. The van der Waals surface area contributed by atoms with Crippen molar-refractivity contribution < 1.29 is 14.7 Å². The van der Waals surface area contributed by atoms with E-state index < -0.39 is 5.97 Å². The molecule has 2 rings (SSSR count). The summed E-state index contributed by atoms with van der Waals surface area (Å²) in [6.07, 6.45) is 2.16. The molecule has 0 aromatic heterocycles. The SMILES string of the molecule is Cc1ccc(N(C)C(=O)N(CC(=O)O)CC2CC2)c(C)c1. The fourth-order valence-electron chi connectivity index (χ4n) is 2.48. The molecule has 1 aromatic rings. The molecule has 5 heteroatoms. The highest BCUT2D eigenvalue weighted by Crippen LogP contribution is 2.30. The minimum atomic E-state index is -0.974. The molecule has 0 atom stereocenters. The first kappa shape index (κ1) is 15.4. The van der Waals surface area contributed by atoms with Crippen LogP contribution in [0.1, 0.15) is 24.0 Å². The number of aliphatic carboxylic acids is 1. The van der Waals surface area contributed by atoms with Gasteiger partial charge in [0, 0.05) is 19.3 Å². The van der Waals surface area contributed by atoms with E-state index in [2.05, 4.69) is 0 Å². The summed E-state index contributed by atoms with van der Waals surface area (Å²) in [5.41, 5.74) is 2.96. The van der Waals surface area contributed by atoms with Crippen molar-refractivity contribution in [3.05, 3.63) is 29.3 Å². The molecule has 1 aliphatic rings. The maximum Gasteiger partial charge on any atom is 0.324 e. The second kappa shape index (κ2) is 6.16. The Labute approximate surface area is 125 Å². The number of urea groups is 1. The quantitative estimate of drug-likeness (QED) is 0.907. The molecule has 0 radical (unpaired) electrons. The average molecular weight is 290 g/mol. The van der Waals surface area contributed by atoms with Crippen LogP contribution in [-0.2, 0) is 4.79 Å². The molecule has 1 aliphatic carbocycles. The van der Waals surface area contributed by atoms with E-state index in [0.717, 1.165) is 29.7 Å². The molecule has 21 heavy (non-hydrogen) atoms. The van der Waals surface area contributed by atoms with Gasteiger partial charge in [-0.3, -0.25) is 9.69 Å². The maximum atomic E-state index is 12.6. The summed E-state index contributed by atoms with van der Waals surface area (Å²) in [4.78, 5) is 26.5. The number of anilines is 1. The molecule has 1 N–H and O–H groups in total. The Morgan fingerprint density at radius 3 is 2.48 bits per heavy atom. The van der Waals surface area contributed by atoms with Crippen molar-refractivity contribution in [2.75, 3.05) is 25.0 Å². The molecule has 0 bridgehead atoms. The Balaban J connectivity index is 2.15. The van der Waals surface area contributed by atoms with Gasteiger partial charge in [0.25, 0.3) is 0 Å². The second-order valence-electron chi connectivity index (χ2n) is 5.85. The Hall–Kier alpha value is -2.04. The van der Waals surface area contributed by atoms with Crippen LogP contribution in [0.3, 0.4) is 0 Å². The minimum absolute atomic E-state index is 0.245.